The van der Waals surface area contributed by atoms with E-state index >= 15 is 0 Å². The Kier molecular flexibility index (Phi) is 1.76. The molecule has 4 aliphatic rings. The Labute approximate surface area is 107 Å². The number of rotatable bonds is 0. The summed E-state index contributed by atoms with van der Waals surface area (Å²) in [5.41, 5.74) is 3.97. The summed E-state index contributed by atoms with van der Waals surface area (Å²) < 4.78 is 0. The van der Waals surface area contributed by atoms with Crippen molar-refractivity contribution in [3.05, 3.63) is 59.2 Å². The third-order valence-corrected chi connectivity index (χ3v) is 4.61. The Bertz CT molecular complexity index is 613. The lowest BCUT2D eigenvalue weighted by Gasteiger charge is -2.48. The van der Waals surface area contributed by atoms with Gasteiger partial charge >= 0.3 is 0 Å². The van der Waals surface area contributed by atoms with Gasteiger partial charge in [0.05, 0.1) is 0 Å². The number of likely N-dealkylation sites (N-methyl/N-ethyl adjacent to an activating group) is 1. The molecule has 3 aliphatic carbocycles. The Morgan fingerprint density at radius 1 is 1.33 bits per heavy atom. The van der Waals surface area contributed by atoms with Crippen molar-refractivity contribution < 1.29 is 4.79 Å². The Hall–Kier alpha value is -1.83. The van der Waals surface area contributed by atoms with Crippen LogP contribution in [0.2, 0.25) is 0 Å². The summed E-state index contributed by atoms with van der Waals surface area (Å²) in [5.74, 6) is 0.645. The summed E-state index contributed by atoms with van der Waals surface area (Å²) in [6.07, 6.45) is 7.45. The number of likely N-dealkylation sites (tertiary alicyclic amines) is 1. The molecule has 2 bridgehead atoms. The second kappa shape index (κ2) is 3.14. The summed E-state index contributed by atoms with van der Waals surface area (Å²) in [6, 6.07) is 8.57. The van der Waals surface area contributed by atoms with Crippen molar-refractivity contribution in [3.8, 4) is 0 Å². The fourth-order valence-corrected chi connectivity index (χ4v) is 3.62. The van der Waals surface area contributed by atoms with Crippen LogP contribution in [-0.4, -0.2) is 24.4 Å². The first-order valence-electron chi connectivity index (χ1n) is 6.45. The maximum Gasteiger partial charge on any atom is 0.224 e. The Morgan fingerprint density at radius 2 is 2.17 bits per heavy atom. The van der Waals surface area contributed by atoms with Crippen LogP contribution in [0.5, 0.6) is 0 Å². The van der Waals surface area contributed by atoms with E-state index in [4.69, 9.17) is 0 Å². The molecular formula is C16H15NO. The summed E-state index contributed by atoms with van der Waals surface area (Å²) in [5, 5.41) is 0. The van der Waals surface area contributed by atoms with Crippen molar-refractivity contribution in [1.82, 2.24) is 4.90 Å². The fraction of sp³-hybridized carbons (Fsp3) is 0.312. The standard InChI is InChI=1S/C16H15NO/c1-17-10-12-8-11-6-7-16(12,9-15(17)18)14-5-3-2-4-13(11)14/h2-8,11H,9-10H2,1H3/t11-,16-/m0/s1. The molecule has 0 unspecified atom stereocenters. The second-order valence-electron chi connectivity index (χ2n) is 5.56. The molecule has 2 atom stereocenters. The zero-order valence-corrected chi connectivity index (χ0v) is 10.4. The van der Waals surface area contributed by atoms with Crippen molar-refractivity contribution in [1.29, 1.82) is 0 Å². The molecule has 2 heteroatoms. The van der Waals surface area contributed by atoms with Crippen LogP contribution in [0, 0.1) is 0 Å². The topological polar surface area (TPSA) is 20.3 Å². The first kappa shape index (κ1) is 10.1. The number of carbonyl (C=O) groups is 1. The highest BCUT2D eigenvalue weighted by atomic mass is 16.2. The molecule has 90 valence electrons. The van der Waals surface area contributed by atoms with Crippen molar-refractivity contribution in [3.63, 3.8) is 0 Å². The molecule has 1 aromatic rings. The number of allylic oxidation sites excluding steroid dienone is 3. The van der Waals surface area contributed by atoms with Gasteiger partial charge in [0.15, 0.2) is 0 Å². The van der Waals surface area contributed by atoms with Crippen LogP contribution in [0.1, 0.15) is 23.5 Å². The molecule has 1 amide bonds. The predicted octanol–water partition coefficient (Wildman–Crippen LogP) is 2.38. The van der Waals surface area contributed by atoms with Gasteiger partial charge in [0.25, 0.3) is 0 Å². The van der Waals surface area contributed by atoms with Crippen LogP contribution < -0.4 is 0 Å². The van der Waals surface area contributed by atoms with Gasteiger partial charge in [-0.25, -0.2) is 0 Å². The van der Waals surface area contributed by atoms with Crippen LogP contribution >= 0.6 is 0 Å². The molecule has 1 aliphatic heterocycles. The van der Waals surface area contributed by atoms with Crippen LogP contribution in [0.3, 0.4) is 0 Å². The average molecular weight is 237 g/mol. The van der Waals surface area contributed by atoms with E-state index in [0.29, 0.717) is 12.3 Å². The number of amides is 1. The van der Waals surface area contributed by atoms with Crippen LogP contribution in [0.4, 0.5) is 0 Å². The normalized spacial score (nSPS) is 32.1. The van der Waals surface area contributed by atoms with Crippen molar-refractivity contribution in [2.45, 2.75) is 17.8 Å². The lowest BCUT2D eigenvalue weighted by molar-refractivity contribution is -0.132. The van der Waals surface area contributed by atoms with Gasteiger partial charge in [-0.05, 0) is 16.7 Å². The monoisotopic (exact) mass is 237 g/mol. The summed E-state index contributed by atoms with van der Waals surface area (Å²) >= 11 is 0. The fourth-order valence-electron chi connectivity index (χ4n) is 3.62. The van der Waals surface area contributed by atoms with E-state index in [2.05, 4.69) is 42.5 Å². The maximum atomic E-state index is 12.1. The van der Waals surface area contributed by atoms with Gasteiger partial charge in [0, 0.05) is 31.3 Å². The van der Waals surface area contributed by atoms with E-state index in [1.807, 2.05) is 11.9 Å². The molecular weight excluding hydrogens is 222 g/mol. The molecule has 18 heavy (non-hydrogen) atoms. The van der Waals surface area contributed by atoms with Crippen molar-refractivity contribution in [2.75, 3.05) is 13.6 Å². The number of benzene rings is 1. The summed E-state index contributed by atoms with van der Waals surface area (Å²) in [6.45, 7) is 0.772. The Morgan fingerprint density at radius 3 is 3.06 bits per heavy atom. The van der Waals surface area contributed by atoms with Gasteiger partial charge in [-0.2, -0.15) is 0 Å². The molecule has 0 saturated carbocycles. The van der Waals surface area contributed by atoms with Crippen LogP contribution in [0.25, 0.3) is 0 Å². The molecule has 1 saturated heterocycles. The van der Waals surface area contributed by atoms with Gasteiger partial charge < -0.3 is 4.90 Å². The number of hydrogen-bond donors (Lipinski definition) is 0. The lowest BCUT2D eigenvalue weighted by Crippen LogP contribution is -2.48. The molecule has 1 fully saturated rings. The van der Waals surface area contributed by atoms with Gasteiger partial charge in [-0.3, -0.25) is 4.79 Å². The van der Waals surface area contributed by atoms with Gasteiger partial charge in [-0.1, -0.05) is 42.5 Å². The maximum absolute atomic E-state index is 12.1. The minimum atomic E-state index is -0.144. The number of hydrogen-bond acceptors (Lipinski definition) is 1. The minimum absolute atomic E-state index is 0.144. The molecule has 0 N–H and O–H groups in total. The zero-order valence-electron chi connectivity index (χ0n) is 10.4. The van der Waals surface area contributed by atoms with E-state index in [-0.39, 0.29) is 11.3 Å². The van der Waals surface area contributed by atoms with E-state index in [0.717, 1.165) is 6.54 Å². The van der Waals surface area contributed by atoms with Crippen molar-refractivity contribution in [2.24, 2.45) is 0 Å². The van der Waals surface area contributed by atoms with E-state index in [1.165, 1.54) is 16.7 Å². The minimum Gasteiger partial charge on any atom is -0.342 e. The van der Waals surface area contributed by atoms with Gasteiger partial charge in [0.2, 0.25) is 5.91 Å². The van der Waals surface area contributed by atoms with Crippen molar-refractivity contribution >= 4 is 5.91 Å². The summed E-state index contributed by atoms with van der Waals surface area (Å²) in [7, 11) is 1.90. The van der Waals surface area contributed by atoms with Crippen LogP contribution in [0.15, 0.2) is 48.1 Å². The third-order valence-electron chi connectivity index (χ3n) is 4.61. The van der Waals surface area contributed by atoms with E-state index in [1.54, 1.807) is 0 Å². The molecule has 1 aromatic carbocycles. The number of piperidine rings is 1. The largest absolute Gasteiger partial charge is 0.342 e. The van der Waals surface area contributed by atoms with E-state index in [9.17, 15) is 4.79 Å². The predicted molar refractivity (Wildman–Crippen MR) is 70.3 cm³/mol. The van der Waals surface area contributed by atoms with Gasteiger partial charge in [0.1, 0.15) is 0 Å². The molecule has 1 spiro atoms. The Balaban J connectivity index is 1.96. The lowest BCUT2D eigenvalue weighted by atomic mass is 9.59. The molecule has 1 heterocycles. The quantitative estimate of drug-likeness (QED) is 0.634. The number of nitrogens with zero attached hydrogens (tertiary/aromatic N) is 1. The first-order chi connectivity index (χ1) is 8.71. The smallest absolute Gasteiger partial charge is 0.224 e. The SMILES string of the molecule is CN1CC2=C[C@@H]3C=C[C@@]2(CC1=O)c1ccccc13. The molecule has 0 aromatic heterocycles. The second-order valence-corrected chi connectivity index (χ2v) is 5.56. The van der Waals surface area contributed by atoms with Crippen LogP contribution in [-0.2, 0) is 10.2 Å². The van der Waals surface area contributed by atoms with Gasteiger partial charge in [-0.15, -0.1) is 0 Å². The molecule has 5 rings (SSSR count). The highest BCUT2D eigenvalue weighted by molar-refractivity contribution is 5.83. The van der Waals surface area contributed by atoms with E-state index < -0.39 is 0 Å². The highest BCUT2D eigenvalue weighted by Gasteiger charge is 2.47. The third kappa shape index (κ3) is 1.06. The highest BCUT2D eigenvalue weighted by Crippen LogP contribution is 2.52. The first-order valence-corrected chi connectivity index (χ1v) is 6.45. The molecule has 0 radical (unpaired) electrons. The molecule has 2 nitrogen and oxygen atoms in total. The average Bonchev–Trinajstić information content (AvgIpc) is 2.40. The zero-order chi connectivity index (χ0) is 12.3. The number of carbonyl (C=O) groups excluding carboxylic acids is 1. The summed E-state index contributed by atoms with van der Waals surface area (Å²) in [4.78, 5) is 13.9.